The van der Waals surface area contributed by atoms with Crippen molar-refractivity contribution in [2.75, 3.05) is 11.1 Å². The highest BCUT2D eigenvalue weighted by atomic mass is 35.5. The molecule has 0 spiro atoms. The number of carbonyl (C=O) groups is 2. The van der Waals surface area contributed by atoms with E-state index in [9.17, 15) is 18.4 Å². The molecule has 0 atom stereocenters. The van der Waals surface area contributed by atoms with E-state index in [2.05, 4.69) is 25.5 Å². The van der Waals surface area contributed by atoms with Gasteiger partial charge in [0.15, 0.2) is 11.4 Å². The van der Waals surface area contributed by atoms with Crippen molar-refractivity contribution in [2.24, 2.45) is 0 Å². The van der Waals surface area contributed by atoms with Crippen LogP contribution < -0.4 is 11.1 Å². The summed E-state index contributed by atoms with van der Waals surface area (Å²) in [4.78, 5) is 30.6. The van der Waals surface area contributed by atoms with Crippen molar-refractivity contribution in [3.8, 4) is 0 Å². The fourth-order valence-electron chi connectivity index (χ4n) is 4.53. The van der Waals surface area contributed by atoms with Gasteiger partial charge >= 0.3 is 5.97 Å². The zero-order valence-corrected chi connectivity index (χ0v) is 29.1. The average molecular weight is 736 g/mol. The van der Waals surface area contributed by atoms with E-state index >= 15 is 0 Å². The van der Waals surface area contributed by atoms with Gasteiger partial charge in [-0.2, -0.15) is 10.2 Å². The van der Waals surface area contributed by atoms with Gasteiger partial charge < -0.3 is 16.2 Å². The molecule has 264 valence electrons. The molecule has 1 amide bonds. The molecule has 51 heavy (non-hydrogen) atoms. The van der Waals surface area contributed by atoms with E-state index in [1.165, 1.54) is 30.3 Å². The number of aromatic carboxylic acids is 1. The number of nitrogens with one attached hydrogen (secondary N) is 1. The second-order valence-corrected chi connectivity index (χ2v) is 11.8. The second-order valence-electron chi connectivity index (χ2n) is 10.9. The number of carboxylic acid groups (broad SMARTS) is 1. The van der Waals surface area contributed by atoms with Crippen LogP contribution in [0.2, 0.25) is 10.0 Å². The van der Waals surface area contributed by atoms with Crippen LogP contribution in [0, 0.1) is 11.6 Å². The van der Waals surface area contributed by atoms with Crippen molar-refractivity contribution in [2.45, 2.75) is 39.8 Å². The highest BCUT2D eigenvalue weighted by molar-refractivity contribution is 6.30. The van der Waals surface area contributed by atoms with Crippen molar-refractivity contribution in [3.05, 3.63) is 153 Å². The average Bonchev–Trinajstić information content (AvgIpc) is 3.77. The lowest BCUT2D eigenvalue weighted by molar-refractivity contribution is 0.0689. The molecule has 0 bridgehead atoms. The van der Waals surface area contributed by atoms with Gasteiger partial charge in [-0.25, -0.2) is 23.5 Å². The lowest BCUT2D eigenvalue weighted by Gasteiger charge is -2.06. The number of hydrogen-bond donors (Lipinski definition) is 3. The van der Waals surface area contributed by atoms with Gasteiger partial charge in [0.2, 0.25) is 0 Å². The quantitative estimate of drug-likeness (QED) is 0.137. The van der Waals surface area contributed by atoms with E-state index in [1.54, 1.807) is 64.5 Å². The summed E-state index contributed by atoms with van der Waals surface area (Å²) >= 11 is 11.6. The fraction of sp³-hybridized carbons (Fsp3) is 0.167. The van der Waals surface area contributed by atoms with Gasteiger partial charge in [0, 0.05) is 47.9 Å². The van der Waals surface area contributed by atoms with Gasteiger partial charge in [0.25, 0.3) is 5.91 Å². The molecule has 0 unspecified atom stereocenters. The molecule has 0 fully saturated rings. The van der Waals surface area contributed by atoms with Gasteiger partial charge in [-0.15, -0.1) is 0 Å². The first kappa shape index (κ1) is 38.1. The van der Waals surface area contributed by atoms with Crippen LogP contribution in [0.4, 0.5) is 20.4 Å². The van der Waals surface area contributed by atoms with Crippen molar-refractivity contribution in [1.29, 1.82) is 0 Å². The molecule has 4 N–H and O–H groups in total. The Balaban J connectivity index is 0.000000191. The smallest absolute Gasteiger partial charge is 0.356 e. The molecule has 6 aromatic rings. The zero-order valence-electron chi connectivity index (χ0n) is 27.6. The molecule has 0 aliphatic rings. The number of aryl methyl sites for hydroxylation is 2. The van der Waals surface area contributed by atoms with E-state index < -0.39 is 5.97 Å². The molecular formula is C36H34Cl2F2N8O3. The molecule has 4 heterocycles. The number of amides is 1. The van der Waals surface area contributed by atoms with Crippen molar-refractivity contribution >= 4 is 46.7 Å². The third kappa shape index (κ3) is 12.3. The normalized spacial score (nSPS) is 10.4. The van der Waals surface area contributed by atoms with Gasteiger partial charge in [0.05, 0.1) is 0 Å². The van der Waals surface area contributed by atoms with Crippen LogP contribution in [0.3, 0.4) is 0 Å². The summed E-state index contributed by atoms with van der Waals surface area (Å²) in [5, 5.41) is 19.8. The topological polar surface area (TPSA) is 154 Å². The second kappa shape index (κ2) is 18.4. The summed E-state index contributed by atoms with van der Waals surface area (Å²) in [6.45, 7) is 5.25. The number of benzene rings is 2. The standard InChI is InChI=1S/C18H16ClFN4O.C12H10ClFN2.C6H8N2O2/c1-2-24-6-5-16(23-24)18(25)22-17-4-3-12(11-21-17)7-13-8-14(19)10-15(20)9-13;13-10-4-9(5-11(14)6-10)3-8-1-2-12(15)16-7-8;1-2-8-4-3-5(7-8)6(9)10/h3-6,8-11H,2,7H2,1H3,(H,21,22,25);1-2,4-7H,3H2,(H2,15,16);3-4H,2H2,1H3,(H,9,10). The van der Waals surface area contributed by atoms with Crippen LogP contribution in [0.25, 0.3) is 0 Å². The van der Waals surface area contributed by atoms with Crippen molar-refractivity contribution < 1.29 is 23.5 Å². The van der Waals surface area contributed by atoms with Crippen LogP contribution in [-0.4, -0.2) is 46.5 Å². The summed E-state index contributed by atoms with van der Waals surface area (Å²) in [7, 11) is 0. The van der Waals surface area contributed by atoms with Crippen LogP contribution in [0.15, 0.2) is 97.6 Å². The summed E-state index contributed by atoms with van der Waals surface area (Å²) in [5.41, 5.74) is 9.34. The highest BCUT2D eigenvalue weighted by Crippen LogP contribution is 2.19. The molecule has 15 heteroatoms. The van der Waals surface area contributed by atoms with Gasteiger partial charge in [0.1, 0.15) is 23.3 Å². The minimum atomic E-state index is -0.979. The van der Waals surface area contributed by atoms with Gasteiger partial charge in [-0.05, 0) is 110 Å². The fourth-order valence-corrected chi connectivity index (χ4v) is 5.02. The molecule has 11 nitrogen and oxygen atoms in total. The Kier molecular flexibility index (Phi) is 13.7. The number of anilines is 2. The predicted molar refractivity (Wildman–Crippen MR) is 192 cm³/mol. The first-order valence-corrected chi connectivity index (χ1v) is 16.3. The number of nitrogens with two attached hydrogens (primary N) is 1. The number of carboxylic acids is 1. The Morgan fingerprint density at radius 1 is 0.725 bits per heavy atom. The Hall–Kier alpha value is -5.66. The monoisotopic (exact) mass is 734 g/mol. The first-order chi connectivity index (χ1) is 24.4. The molecule has 4 aromatic heterocycles. The molecule has 0 saturated heterocycles. The number of rotatable bonds is 9. The van der Waals surface area contributed by atoms with Crippen LogP contribution in [0.1, 0.15) is 57.1 Å². The lowest BCUT2D eigenvalue weighted by Crippen LogP contribution is -2.14. The lowest BCUT2D eigenvalue weighted by atomic mass is 10.1. The SMILES string of the molecule is CCn1ccc(C(=O)Nc2ccc(Cc3cc(F)cc(Cl)c3)cn2)n1.CCn1ccc(C(=O)O)n1.Nc1ccc(Cc2cc(F)cc(Cl)c2)cn1. The van der Waals surface area contributed by atoms with E-state index in [4.69, 9.17) is 34.0 Å². The number of nitrogens with zero attached hydrogens (tertiary/aromatic N) is 6. The molecule has 0 radical (unpaired) electrons. The van der Waals surface area contributed by atoms with Crippen LogP contribution in [-0.2, 0) is 25.9 Å². The minimum absolute atomic E-state index is 0.0989. The molecule has 0 saturated carbocycles. The van der Waals surface area contributed by atoms with E-state index in [0.717, 1.165) is 22.3 Å². The van der Waals surface area contributed by atoms with E-state index in [-0.39, 0.29) is 23.2 Å². The number of carbonyl (C=O) groups excluding carboxylic acids is 1. The highest BCUT2D eigenvalue weighted by Gasteiger charge is 2.11. The number of aromatic nitrogens is 6. The van der Waals surface area contributed by atoms with E-state index in [0.29, 0.717) is 53.3 Å². The minimum Gasteiger partial charge on any atom is -0.476 e. The zero-order chi connectivity index (χ0) is 36.9. The maximum atomic E-state index is 13.4. The summed E-state index contributed by atoms with van der Waals surface area (Å²) in [6, 6.07) is 19.1. The molecule has 6 rings (SSSR count). The Labute approximate surface area is 302 Å². The summed E-state index contributed by atoms with van der Waals surface area (Å²) in [5.74, 6) is -1.09. The number of hydrogen-bond acceptors (Lipinski definition) is 7. The largest absolute Gasteiger partial charge is 0.476 e. The molecular weight excluding hydrogens is 701 g/mol. The van der Waals surface area contributed by atoms with Crippen LogP contribution >= 0.6 is 23.2 Å². The summed E-state index contributed by atoms with van der Waals surface area (Å²) in [6.07, 6.45) is 7.79. The van der Waals surface area contributed by atoms with Crippen LogP contribution in [0.5, 0.6) is 0 Å². The van der Waals surface area contributed by atoms with Crippen molar-refractivity contribution in [1.82, 2.24) is 29.5 Å². The molecule has 0 aliphatic carbocycles. The third-order valence-corrected chi connectivity index (χ3v) is 7.39. The Bertz CT molecular complexity index is 2030. The maximum Gasteiger partial charge on any atom is 0.356 e. The predicted octanol–water partition coefficient (Wildman–Crippen LogP) is 7.58. The number of pyridine rings is 2. The molecule has 0 aliphatic heterocycles. The Morgan fingerprint density at radius 2 is 1.24 bits per heavy atom. The first-order valence-electron chi connectivity index (χ1n) is 15.6. The van der Waals surface area contributed by atoms with Crippen molar-refractivity contribution in [3.63, 3.8) is 0 Å². The summed E-state index contributed by atoms with van der Waals surface area (Å²) < 4.78 is 29.7. The number of halogens is 4. The molecule has 2 aromatic carbocycles. The van der Waals surface area contributed by atoms with Gasteiger partial charge in [-0.3, -0.25) is 14.2 Å². The van der Waals surface area contributed by atoms with Gasteiger partial charge in [-0.1, -0.05) is 35.3 Å². The third-order valence-electron chi connectivity index (χ3n) is 6.96. The number of nitrogen functional groups attached to an aromatic ring is 1. The maximum absolute atomic E-state index is 13.4. The Morgan fingerprint density at radius 3 is 1.65 bits per heavy atom. The van der Waals surface area contributed by atoms with E-state index in [1.807, 2.05) is 26.0 Å².